The van der Waals surface area contributed by atoms with Crippen molar-refractivity contribution in [1.82, 2.24) is 0 Å². The van der Waals surface area contributed by atoms with Crippen LogP contribution in [0.2, 0.25) is 0 Å². The molecular formula is C19H22O6. The van der Waals surface area contributed by atoms with E-state index in [1.54, 1.807) is 27.7 Å². The first-order valence-electron chi connectivity index (χ1n) is 8.62. The summed E-state index contributed by atoms with van der Waals surface area (Å²) in [5.41, 5.74) is -1.20. The quantitative estimate of drug-likeness (QED) is 0.622. The van der Waals surface area contributed by atoms with E-state index in [-0.39, 0.29) is 11.7 Å². The van der Waals surface area contributed by atoms with Gasteiger partial charge < -0.3 is 14.9 Å². The maximum Gasteiger partial charge on any atom is 0.310 e. The van der Waals surface area contributed by atoms with Crippen LogP contribution in [0.4, 0.5) is 0 Å². The summed E-state index contributed by atoms with van der Waals surface area (Å²) in [7, 11) is 0. The zero-order valence-electron chi connectivity index (χ0n) is 14.6. The van der Waals surface area contributed by atoms with Crippen LogP contribution in [0.15, 0.2) is 23.3 Å². The highest BCUT2D eigenvalue weighted by atomic mass is 16.6. The Morgan fingerprint density at radius 2 is 1.72 bits per heavy atom. The summed E-state index contributed by atoms with van der Waals surface area (Å²) in [6.45, 7) is 6.89. The molecule has 2 bridgehead atoms. The molecule has 134 valence electrons. The maximum atomic E-state index is 13.1. The molecule has 3 aliphatic carbocycles. The molecule has 4 aliphatic rings. The summed E-state index contributed by atoms with van der Waals surface area (Å²) in [5, 5.41) is 21.8. The van der Waals surface area contributed by atoms with Crippen molar-refractivity contribution in [3.63, 3.8) is 0 Å². The number of carbonyl (C=O) groups excluding carboxylic acids is 3. The van der Waals surface area contributed by atoms with Crippen LogP contribution in [0, 0.1) is 28.6 Å². The standard InChI is InChI=1S/C19H22O6/c1-7-5-10(20)16(23)18(3)9(7)6-11(21)19(4)12-8(2)14(25-17(12)24)13(22)15(18)19/h5-6,8,12-16,22-23H,1-4H3/t8-,12+,13-,14+,15+,16+,18-,19-/m0/s1. The second-order valence-corrected chi connectivity index (χ2v) is 8.33. The predicted octanol–water partition coefficient (Wildman–Crippen LogP) is 0.566. The van der Waals surface area contributed by atoms with Gasteiger partial charge in [0.2, 0.25) is 0 Å². The van der Waals surface area contributed by atoms with Crippen LogP contribution < -0.4 is 0 Å². The number of fused-ring (bicyclic) bond motifs is 6. The van der Waals surface area contributed by atoms with E-state index >= 15 is 0 Å². The Morgan fingerprint density at radius 3 is 2.36 bits per heavy atom. The summed E-state index contributed by atoms with van der Waals surface area (Å²) < 4.78 is 5.38. The van der Waals surface area contributed by atoms with E-state index in [0.717, 1.165) is 0 Å². The number of hydrogen-bond acceptors (Lipinski definition) is 6. The Balaban J connectivity index is 2.02. The third kappa shape index (κ3) is 1.65. The fraction of sp³-hybridized carbons (Fsp3) is 0.632. The Kier molecular flexibility index (Phi) is 3.12. The highest BCUT2D eigenvalue weighted by Gasteiger charge is 2.73. The minimum atomic E-state index is -1.38. The third-order valence-electron chi connectivity index (χ3n) is 7.17. The van der Waals surface area contributed by atoms with Crippen LogP contribution in [-0.2, 0) is 19.1 Å². The Hall–Kier alpha value is -1.79. The van der Waals surface area contributed by atoms with E-state index in [2.05, 4.69) is 0 Å². The monoisotopic (exact) mass is 346 g/mol. The van der Waals surface area contributed by atoms with Crippen LogP contribution in [0.25, 0.3) is 0 Å². The molecular weight excluding hydrogens is 324 g/mol. The molecule has 0 amide bonds. The number of aliphatic hydroxyl groups excluding tert-OH is 2. The van der Waals surface area contributed by atoms with E-state index in [1.807, 2.05) is 0 Å². The van der Waals surface area contributed by atoms with Crippen LogP contribution >= 0.6 is 0 Å². The second-order valence-electron chi connectivity index (χ2n) is 8.33. The van der Waals surface area contributed by atoms with E-state index < -0.39 is 52.7 Å². The van der Waals surface area contributed by atoms with Crippen molar-refractivity contribution >= 4 is 17.5 Å². The molecule has 25 heavy (non-hydrogen) atoms. The summed E-state index contributed by atoms with van der Waals surface area (Å²) in [5.74, 6) is -2.97. The van der Waals surface area contributed by atoms with Crippen LogP contribution in [0.5, 0.6) is 0 Å². The Bertz CT molecular complexity index is 779. The number of allylic oxidation sites excluding steroid dienone is 2. The highest BCUT2D eigenvalue weighted by Crippen LogP contribution is 2.65. The summed E-state index contributed by atoms with van der Waals surface area (Å²) in [6, 6.07) is 0. The molecule has 8 atom stereocenters. The second kappa shape index (κ2) is 4.68. The molecule has 0 aromatic heterocycles. The molecule has 1 saturated heterocycles. The zero-order chi connectivity index (χ0) is 18.5. The lowest BCUT2D eigenvalue weighted by atomic mass is 9.43. The third-order valence-corrected chi connectivity index (χ3v) is 7.17. The summed E-state index contributed by atoms with van der Waals surface area (Å²) in [6.07, 6.45) is -0.453. The molecule has 1 aliphatic heterocycles. The fourth-order valence-electron chi connectivity index (χ4n) is 6.04. The lowest BCUT2D eigenvalue weighted by molar-refractivity contribution is -0.178. The molecule has 0 aromatic carbocycles. The van der Waals surface area contributed by atoms with Gasteiger partial charge in [-0.25, -0.2) is 0 Å². The van der Waals surface area contributed by atoms with Gasteiger partial charge >= 0.3 is 5.97 Å². The molecule has 0 unspecified atom stereocenters. The summed E-state index contributed by atoms with van der Waals surface area (Å²) >= 11 is 0. The molecule has 1 saturated carbocycles. The van der Waals surface area contributed by atoms with Gasteiger partial charge in [-0.2, -0.15) is 0 Å². The van der Waals surface area contributed by atoms with Gasteiger partial charge in [0.05, 0.1) is 17.4 Å². The van der Waals surface area contributed by atoms with Crippen molar-refractivity contribution in [1.29, 1.82) is 0 Å². The van der Waals surface area contributed by atoms with E-state index in [9.17, 15) is 24.6 Å². The lowest BCUT2D eigenvalue weighted by Gasteiger charge is -2.59. The van der Waals surface area contributed by atoms with Gasteiger partial charge in [-0.15, -0.1) is 0 Å². The fourth-order valence-corrected chi connectivity index (χ4v) is 6.04. The molecule has 2 N–H and O–H groups in total. The predicted molar refractivity (Wildman–Crippen MR) is 86.1 cm³/mol. The number of esters is 1. The highest BCUT2D eigenvalue weighted by molar-refractivity contribution is 6.04. The maximum absolute atomic E-state index is 13.1. The number of ketones is 2. The normalized spacial score (nSPS) is 51.4. The average Bonchev–Trinajstić information content (AvgIpc) is 2.78. The van der Waals surface area contributed by atoms with Gasteiger partial charge in [0.1, 0.15) is 12.2 Å². The molecule has 6 heteroatoms. The molecule has 1 heterocycles. The molecule has 0 radical (unpaired) electrons. The Labute approximate surface area is 145 Å². The van der Waals surface area contributed by atoms with Crippen molar-refractivity contribution < 1.29 is 29.3 Å². The molecule has 2 fully saturated rings. The van der Waals surface area contributed by atoms with Crippen LogP contribution in [0.3, 0.4) is 0 Å². The molecule has 4 rings (SSSR count). The molecule has 0 aromatic rings. The number of rotatable bonds is 0. The minimum Gasteiger partial charge on any atom is -0.459 e. The smallest absolute Gasteiger partial charge is 0.310 e. The van der Waals surface area contributed by atoms with E-state index in [4.69, 9.17) is 4.74 Å². The number of ether oxygens (including phenoxy) is 1. The van der Waals surface area contributed by atoms with Gasteiger partial charge in [-0.05, 0) is 30.2 Å². The number of aliphatic hydroxyl groups is 2. The van der Waals surface area contributed by atoms with Gasteiger partial charge in [0.15, 0.2) is 11.6 Å². The molecule has 0 spiro atoms. The first-order chi connectivity index (χ1) is 11.6. The van der Waals surface area contributed by atoms with Crippen molar-refractivity contribution in [2.45, 2.75) is 46.0 Å². The van der Waals surface area contributed by atoms with Crippen molar-refractivity contribution in [3.8, 4) is 0 Å². The van der Waals surface area contributed by atoms with Gasteiger partial charge in [0, 0.05) is 17.3 Å². The zero-order valence-corrected chi connectivity index (χ0v) is 14.6. The van der Waals surface area contributed by atoms with E-state index in [0.29, 0.717) is 11.1 Å². The van der Waals surface area contributed by atoms with Crippen molar-refractivity contribution in [2.75, 3.05) is 0 Å². The van der Waals surface area contributed by atoms with Crippen molar-refractivity contribution in [2.24, 2.45) is 28.6 Å². The van der Waals surface area contributed by atoms with Gasteiger partial charge in [0.25, 0.3) is 0 Å². The lowest BCUT2D eigenvalue weighted by Crippen LogP contribution is -2.67. The number of hydrogen-bond donors (Lipinski definition) is 2. The first kappa shape index (κ1) is 16.7. The number of carbonyl (C=O) groups is 3. The van der Waals surface area contributed by atoms with Gasteiger partial charge in [-0.1, -0.05) is 20.8 Å². The van der Waals surface area contributed by atoms with Crippen LogP contribution in [-0.4, -0.2) is 46.1 Å². The Morgan fingerprint density at radius 1 is 1.08 bits per heavy atom. The molecule has 6 nitrogen and oxygen atoms in total. The SMILES string of the molecule is CC1=CC(=O)[C@@H](O)[C@@]2(C)C1=CC(=O)[C@]1(C)[C@@H]2[C@@H](O)[C@@H]2OC(=O)[C@H]1[C@@H]2C. The minimum absolute atomic E-state index is 0.257. The van der Waals surface area contributed by atoms with Crippen LogP contribution in [0.1, 0.15) is 27.7 Å². The average molecular weight is 346 g/mol. The van der Waals surface area contributed by atoms with Gasteiger partial charge in [-0.3, -0.25) is 14.4 Å². The van der Waals surface area contributed by atoms with E-state index in [1.165, 1.54) is 12.2 Å². The first-order valence-corrected chi connectivity index (χ1v) is 8.62. The summed E-state index contributed by atoms with van der Waals surface area (Å²) in [4.78, 5) is 37.9. The largest absolute Gasteiger partial charge is 0.459 e. The topological polar surface area (TPSA) is 101 Å². The van der Waals surface area contributed by atoms with Crippen molar-refractivity contribution in [3.05, 3.63) is 23.3 Å².